The molecule has 2 aromatic rings. The molecule has 0 bridgehead atoms. The minimum absolute atomic E-state index is 0.0581. The van der Waals surface area contributed by atoms with Gasteiger partial charge in [0.2, 0.25) is 11.8 Å². The van der Waals surface area contributed by atoms with E-state index in [1.165, 1.54) is 11.3 Å². The van der Waals surface area contributed by atoms with Crippen LogP contribution in [0.15, 0.2) is 30.3 Å². The van der Waals surface area contributed by atoms with Gasteiger partial charge < -0.3 is 19.3 Å². The summed E-state index contributed by atoms with van der Waals surface area (Å²) in [6.07, 6.45) is 0.175. The number of hydrogen-bond acceptors (Lipinski definition) is 5. The highest BCUT2D eigenvalue weighted by atomic mass is 35.5. The fraction of sp³-hybridized carbons (Fsp3) is 0.368. The summed E-state index contributed by atoms with van der Waals surface area (Å²) >= 11 is 7.40. The molecule has 1 fully saturated rings. The zero-order valence-electron chi connectivity index (χ0n) is 15.4. The lowest BCUT2D eigenvalue weighted by molar-refractivity contribution is -0.135. The molecular formula is C19H21ClN2O4S. The lowest BCUT2D eigenvalue weighted by Crippen LogP contribution is -2.34. The van der Waals surface area contributed by atoms with Crippen LogP contribution >= 0.6 is 22.9 Å². The molecule has 6 nitrogen and oxygen atoms in total. The maximum atomic E-state index is 12.8. The summed E-state index contributed by atoms with van der Waals surface area (Å²) in [5.74, 6) is 0.637. The van der Waals surface area contributed by atoms with E-state index in [0.717, 1.165) is 4.88 Å². The lowest BCUT2D eigenvalue weighted by atomic mass is 10.1. The second-order valence-electron chi connectivity index (χ2n) is 6.34. The van der Waals surface area contributed by atoms with Crippen LogP contribution in [0.1, 0.15) is 11.3 Å². The van der Waals surface area contributed by atoms with Crippen LogP contribution in [0, 0.1) is 5.92 Å². The number of anilines is 1. The molecule has 0 spiro atoms. The first-order valence-electron chi connectivity index (χ1n) is 8.44. The molecule has 0 radical (unpaired) electrons. The molecule has 1 saturated heterocycles. The Morgan fingerprint density at radius 3 is 2.70 bits per heavy atom. The van der Waals surface area contributed by atoms with Crippen LogP contribution in [0.4, 0.5) is 5.69 Å². The Labute approximate surface area is 167 Å². The standard InChI is InChI=1S/C19H21ClN2O4S/c1-21(11-14-5-7-17(20)27-14)19(24)12-8-18(23)22(10-12)15-9-13(25-2)4-6-16(15)26-3/h4-7,9,12H,8,10-11H2,1-3H3. The minimum Gasteiger partial charge on any atom is -0.497 e. The van der Waals surface area contributed by atoms with Crippen LogP contribution in [0.3, 0.4) is 0 Å². The fourth-order valence-electron chi connectivity index (χ4n) is 3.17. The highest BCUT2D eigenvalue weighted by Crippen LogP contribution is 2.36. The van der Waals surface area contributed by atoms with Crippen LogP contribution in [0.5, 0.6) is 11.5 Å². The number of nitrogens with zero attached hydrogens (tertiary/aromatic N) is 2. The average molecular weight is 409 g/mol. The number of carbonyl (C=O) groups is 2. The smallest absolute Gasteiger partial charge is 0.228 e. The first-order chi connectivity index (χ1) is 12.9. The Bertz CT molecular complexity index is 854. The van der Waals surface area contributed by atoms with Crippen LogP contribution in [-0.2, 0) is 16.1 Å². The molecule has 2 amide bonds. The normalized spacial score (nSPS) is 16.5. The monoisotopic (exact) mass is 408 g/mol. The molecule has 2 heterocycles. The summed E-state index contributed by atoms with van der Waals surface area (Å²) in [5, 5.41) is 0. The van der Waals surface area contributed by atoms with Crippen molar-refractivity contribution in [3.8, 4) is 11.5 Å². The molecule has 8 heteroatoms. The van der Waals surface area contributed by atoms with E-state index in [1.807, 2.05) is 12.1 Å². The number of halogens is 1. The Kier molecular flexibility index (Phi) is 5.92. The molecule has 0 N–H and O–H groups in total. The molecule has 144 valence electrons. The molecule has 1 aromatic heterocycles. The van der Waals surface area contributed by atoms with Gasteiger partial charge in [-0.3, -0.25) is 9.59 Å². The topological polar surface area (TPSA) is 59.1 Å². The van der Waals surface area contributed by atoms with Gasteiger partial charge in [-0.1, -0.05) is 11.6 Å². The van der Waals surface area contributed by atoms with E-state index < -0.39 is 5.92 Å². The summed E-state index contributed by atoms with van der Waals surface area (Å²) in [6.45, 7) is 0.792. The molecule has 1 atom stereocenters. The number of carbonyl (C=O) groups excluding carboxylic acids is 2. The quantitative estimate of drug-likeness (QED) is 0.734. The largest absolute Gasteiger partial charge is 0.497 e. The number of ether oxygens (including phenoxy) is 2. The van der Waals surface area contributed by atoms with Crippen molar-refractivity contribution in [1.82, 2.24) is 4.90 Å². The molecule has 1 aliphatic rings. The fourth-order valence-corrected chi connectivity index (χ4v) is 4.31. The van der Waals surface area contributed by atoms with Gasteiger partial charge in [0.05, 0.1) is 36.7 Å². The molecule has 0 saturated carbocycles. The van der Waals surface area contributed by atoms with Gasteiger partial charge in [-0.15, -0.1) is 11.3 Å². The molecule has 0 aliphatic carbocycles. The number of amides is 2. The van der Waals surface area contributed by atoms with Crippen LogP contribution in [0.25, 0.3) is 0 Å². The van der Waals surface area contributed by atoms with Crippen LogP contribution < -0.4 is 14.4 Å². The average Bonchev–Trinajstić information content (AvgIpc) is 3.25. The van der Waals surface area contributed by atoms with Crippen molar-refractivity contribution in [2.24, 2.45) is 5.92 Å². The van der Waals surface area contributed by atoms with Gasteiger partial charge >= 0.3 is 0 Å². The van der Waals surface area contributed by atoms with Crippen LogP contribution in [0.2, 0.25) is 4.34 Å². The minimum atomic E-state index is -0.395. The number of methoxy groups -OCH3 is 2. The first-order valence-corrected chi connectivity index (χ1v) is 9.64. The van der Waals surface area contributed by atoms with Crippen molar-refractivity contribution < 1.29 is 19.1 Å². The summed E-state index contributed by atoms with van der Waals surface area (Å²) in [5.41, 5.74) is 0.616. The van der Waals surface area contributed by atoms with Gasteiger partial charge in [-0.05, 0) is 24.3 Å². The van der Waals surface area contributed by atoms with Crippen molar-refractivity contribution in [3.05, 3.63) is 39.5 Å². The summed E-state index contributed by atoms with van der Waals surface area (Å²) in [7, 11) is 4.86. The number of hydrogen-bond donors (Lipinski definition) is 0. The number of thiophene rings is 1. The SMILES string of the molecule is COc1ccc(OC)c(N2CC(C(=O)N(C)Cc3ccc(Cl)s3)CC2=O)c1. The zero-order chi connectivity index (χ0) is 19.6. The zero-order valence-corrected chi connectivity index (χ0v) is 17.0. The van der Waals surface area contributed by atoms with E-state index in [0.29, 0.717) is 34.6 Å². The van der Waals surface area contributed by atoms with E-state index >= 15 is 0 Å². The molecule has 1 aromatic carbocycles. The van der Waals surface area contributed by atoms with Gasteiger partial charge in [0.15, 0.2) is 0 Å². The van der Waals surface area contributed by atoms with Crippen molar-refractivity contribution >= 4 is 40.4 Å². The highest BCUT2D eigenvalue weighted by molar-refractivity contribution is 7.16. The van der Waals surface area contributed by atoms with E-state index in [-0.39, 0.29) is 18.2 Å². The Balaban J connectivity index is 1.74. The number of benzene rings is 1. The summed E-state index contributed by atoms with van der Waals surface area (Å²) < 4.78 is 11.3. The van der Waals surface area contributed by atoms with Gasteiger partial charge in [0.25, 0.3) is 0 Å². The van der Waals surface area contributed by atoms with E-state index in [2.05, 4.69) is 0 Å². The van der Waals surface area contributed by atoms with Crippen molar-refractivity contribution in [1.29, 1.82) is 0 Å². The van der Waals surface area contributed by atoms with Crippen molar-refractivity contribution in [3.63, 3.8) is 0 Å². The van der Waals surface area contributed by atoms with Gasteiger partial charge in [0, 0.05) is 31.0 Å². The summed E-state index contributed by atoms with van der Waals surface area (Å²) in [6, 6.07) is 9.00. The Morgan fingerprint density at radius 1 is 1.30 bits per heavy atom. The Hall–Kier alpha value is -2.25. The van der Waals surface area contributed by atoms with Gasteiger partial charge in [0.1, 0.15) is 11.5 Å². The van der Waals surface area contributed by atoms with E-state index in [1.54, 1.807) is 49.3 Å². The summed E-state index contributed by atoms with van der Waals surface area (Å²) in [4.78, 5) is 29.7. The Morgan fingerprint density at radius 2 is 2.07 bits per heavy atom. The first kappa shape index (κ1) is 19.5. The molecule has 3 rings (SSSR count). The van der Waals surface area contributed by atoms with E-state index in [9.17, 15) is 9.59 Å². The van der Waals surface area contributed by atoms with E-state index in [4.69, 9.17) is 21.1 Å². The second-order valence-corrected chi connectivity index (χ2v) is 8.14. The highest BCUT2D eigenvalue weighted by Gasteiger charge is 2.37. The third-order valence-electron chi connectivity index (χ3n) is 4.55. The maximum absolute atomic E-state index is 12.8. The van der Waals surface area contributed by atoms with Crippen molar-refractivity contribution in [2.45, 2.75) is 13.0 Å². The van der Waals surface area contributed by atoms with Crippen LogP contribution in [-0.4, -0.2) is 44.5 Å². The van der Waals surface area contributed by atoms with Gasteiger partial charge in [-0.25, -0.2) is 0 Å². The molecule has 1 aliphatic heterocycles. The third kappa shape index (κ3) is 4.20. The molecule has 1 unspecified atom stereocenters. The third-order valence-corrected chi connectivity index (χ3v) is 5.77. The molecule has 27 heavy (non-hydrogen) atoms. The van der Waals surface area contributed by atoms with Gasteiger partial charge in [-0.2, -0.15) is 0 Å². The van der Waals surface area contributed by atoms with Crippen molar-refractivity contribution in [2.75, 3.05) is 32.7 Å². The second kappa shape index (κ2) is 8.19. The predicted octanol–water partition coefficient (Wildman–Crippen LogP) is 3.43. The lowest BCUT2D eigenvalue weighted by Gasteiger charge is -2.22. The maximum Gasteiger partial charge on any atom is 0.228 e. The molecular weight excluding hydrogens is 388 g/mol. The predicted molar refractivity (Wildman–Crippen MR) is 106 cm³/mol. The number of rotatable bonds is 6.